The van der Waals surface area contributed by atoms with Gasteiger partial charge < -0.3 is 19.9 Å². The van der Waals surface area contributed by atoms with Crippen LogP contribution in [0.4, 0.5) is 0 Å². The van der Waals surface area contributed by atoms with Gasteiger partial charge in [-0.2, -0.15) is 0 Å². The molecule has 1 atom stereocenters. The van der Waals surface area contributed by atoms with E-state index in [1.807, 2.05) is 19.9 Å². The zero-order chi connectivity index (χ0) is 16.7. The molecule has 0 saturated carbocycles. The monoisotopic (exact) mass is 309 g/mol. The van der Waals surface area contributed by atoms with Crippen LogP contribution < -0.4 is 10.1 Å². The first kappa shape index (κ1) is 18.3. The van der Waals surface area contributed by atoms with Crippen LogP contribution >= 0.6 is 0 Å². The molecule has 124 valence electrons. The molecule has 0 radical (unpaired) electrons. The van der Waals surface area contributed by atoms with Gasteiger partial charge in [0, 0.05) is 6.54 Å². The Labute approximate surface area is 132 Å². The second-order valence-corrected chi connectivity index (χ2v) is 6.05. The molecule has 22 heavy (non-hydrogen) atoms. The normalized spacial score (nSPS) is 12.5. The van der Waals surface area contributed by atoms with Gasteiger partial charge in [-0.25, -0.2) is 0 Å². The summed E-state index contributed by atoms with van der Waals surface area (Å²) in [5.41, 5.74) is 0.879. The zero-order valence-corrected chi connectivity index (χ0v) is 14.1. The molecule has 1 aromatic carbocycles. The first-order valence-electron chi connectivity index (χ1n) is 7.63. The lowest BCUT2D eigenvalue weighted by atomic mass is 10.0. The summed E-state index contributed by atoms with van der Waals surface area (Å²) in [6.07, 6.45) is 0.572. The van der Waals surface area contributed by atoms with Crippen molar-refractivity contribution in [1.82, 2.24) is 5.32 Å². The van der Waals surface area contributed by atoms with Crippen LogP contribution in [-0.4, -0.2) is 30.3 Å². The molecule has 1 rings (SSSR count). The van der Waals surface area contributed by atoms with E-state index in [1.54, 1.807) is 12.1 Å². The van der Waals surface area contributed by atoms with Crippen molar-refractivity contribution in [1.29, 1.82) is 0 Å². The molecule has 0 aliphatic carbocycles. The van der Waals surface area contributed by atoms with E-state index in [1.165, 1.54) is 7.11 Å². The molecule has 0 aromatic heterocycles. The number of esters is 1. The van der Waals surface area contributed by atoms with Crippen LogP contribution in [0, 0.1) is 5.92 Å². The summed E-state index contributed by atoms with van der Waals surface area (Å²) in [4.78, 5) is 12.1. The summed E-state index contributed by atoms with van der Waals surface area (Å²) < 4.78 is 10.3. The number of phenolic OH excluding ortho intramolecular Hbond substituents is 1. The summed E-state index contributed by atoms with van der Waals surface area (Å²) in [6.45, 7) is 8.28. The van der Waals surface area contributed by atoms with Crippen molar-refractivity contribution in [3.05, 3.63) is 23.8 Å². The number of benzene rings is 1. The lowest BCUT2D eigenvalue weighted by Gasteiger charge is -2.21. The Bertz CT molecular complexity index is 486. The highest BCUT2D eigenvalue weighted by Gasteiger charge is 2.21. The van der Waals surface area contributed by atoms with Gasteiger partial charge in [0.2, 0.25) is 0 Å². The highest BCUT2D eigenvalue weighted by atomic mass is 16.5. The number of nitrogens with one attached hydrogen (secondary N) is 1. The molecule has 0 aliphatic rings. The Morgan fingerprint density at radius 2 is 1.95 bits per heavy atom. The van der Waals surface area contributed by atoms with E-state index in [0.717, 1.165) is 5.56 Å². The Morgan fingerprint density at radius 3 is 2.45 bits per heavy atom. The molecule has 0 bridgehead atoms. The fraction of sp³-hybridized carbons (Fsp3) is 0.588. The lowest BCUT2D eigenvalue weighted by molar-refractivity contribution is -0.150. The highest BCUT2D eigenvalue weighted by Crippen LogP contribution is 2.26. The van der Waals surface area contributed by atoms with Crippen molar-refractivity contribution in [2.24, 2.45) is 5.92 Å². The van der Waals surface area contributed by atoms with Crippen LogP contribution in [0.1, 0.15) is 39.7 Å². The van der Waals surface area contributed by atoms with Crippen LogP contribution in [0.3, 0.4) is 0 Å². The van der Waals surface area contributed by atoms with E-state index in [0.29, 0.717) is 24.6 Å². The number of carbonyl (C=O) groups excluding carboxylic acids is 1. The second kappa shape index (κ2) is 8.63. The predicted octanol–water partition coefficient (Wildman–Crippen LogP) is 2.86. The molecule has 0 fully saturated rings. The highest BCUT2D eigenvalue weighted by molar-refractivity contribution is 5.75. The Kier molecular flexibility index (Phi) is 7.18. The van der Waals surface area contributed by atoms with Gasteiger partial charge in [0.05, 0.1) is 13.2 Å². The van der Waals surface area contributed by atoms with Gasteiger partial charge in [0.25, 0.3) is 0 Å². The number of hydrogen-bond donors (Lipinski definition) is 2. The van der Waals surface area contributed by atoms with Crippen molar-refractivity contribution in [3.63, 3.8) is 0 Å². The molecular formula is C17H27NO4. The maximum atomic E-state index is 12.1. The molecule has 0 aliphatic heterocycles. The van der Waals surface area contributed by atoms with Gasteiger partial charge in [0.1, 0.15) is 6.04 Å². The standard InChI is InChI=1S/C17H27NO4/c1-11(2)8-14(17(20)22-12(3)4)18-10-13-6-7-16(21-5)15(19)9-13/h6-7,9,11-12,14,18-19H,8,10H2,1-5H3/t14-/m0/s1. The predicted molar refractivity (Wildman–Crippen MR) is 86.0 cm³/mol. The quantitative estimate of drug-likeness (QED) is 0.723. The van der Waals surface area contributed by atoms with Crippen LogP contribution in [0.25, 0.3) is 0 Å². The third kappa shape index (κ3) is 5.93. The van der Waals surface area contributed by atoms with Crippen LogP contribution in [-0.2, 0) is 16.1 Å². The van der Waals surface area contributed by atoms with Crippen LogP contribution in [0.2, 0.25) is 0 Å². The summed E-state index contributed by atoms with van der Waals surface area (Å²) in [5.74, 6) is 0.664. The first-order chi connectivity index (χ1) is 10.3. The SMILES string of the molecule is COc1ccc(CN[C@@H](CC(C)C)C(=O)OC(C)C)cc1O. The molecule has 2 N–H and O–H groups in total. The number of methoxy groups -OCH3 is 1. The van der Waals surface area contributed by atoms with Gasteiger partial charge in [-0.05, 0) is 43.9 Å². The molecular weight excluding hydrogens is 282 g/mol. The minimum absolute atomic E-state index is 0.0898. The number of aromatic hydroxyl groups is 1. The minimum Gasteiger partial charge on any atom is -0.504 e. The minimum atomic E-state index is -0.355. The molecule has 0 heterocycles. The van der Waals surface area contributed by atoms with E-state index in [2.05, 4.69) is 19.2 Å². The second-order valence-electron chi connectivity index (χ2n) is 6.05. The van der Waals surface area contributed by atoms with Crippen molar-refractivity contribution >= 4 is 5.97 Å². The maximum Gasteiger partial charge on any atom is 0.323 e. The summed E-state index contributed by atoms with van der Waals surface area (Å²) >= 11 is 0. The third-order valence-corrected chi connectivity index (χ3v) is 3.14. The number of phenols is 1. The molecule has 0 spiro atoms. The fourth-order valence-electron chi connectivity index (χ4n) is 2.14. The largest absolute Gasteiger partial charge is 0.504 e. The van der Waals surface area contributed by atoms with Gasteiger partial charge in [-0.1, -0.05) is 19.9 Å². The fourth-order valence-corrected chi connectivity index (χ4v) is 2.14. The molecule has 0 amide bonds. The van der Waals surface area contributed by atoms with E-state index in [9.17, 15) is 9.90 Å². The van der Waals surface area contributed by atoms with Gasteiger partial charge in [0.15, 0.2) is 11.5 Å². The first-order valence-corrected chi connectivity index (χ1v) is 7.63. The smallest absolute Gasteiger partial charge is 0.323 e. The summed E-state index contributed by atoms with van der Waals surface area (Å²) in [7, 11) is 1.51. The average molecular weight is 309 g/mol. The Balaban J connectivity index is 2.69. The lowest BCUT2D eigenvalue weighted by Crippen LogP contribution is -2.39. The molecule has 1 aromatic rings. The Morgan fingerprint density at radius 1 is 1.27 bits per heavy atom. The van der Waals surface area contributed by atoms with Crippen LogP contribution in [0.5, 0.6) is 11.5 Å². The third-order valence-electron chi connectivity index (χ3n) is 3.14. The number of hydrogen-bond acceptors (Lipinski definition) is 5. The zero-order valence-electron chi connectivity index (χ0n) is 14.1. The Hall–Kier alpha value is -1.75. The number of rotatable bonds is 8. The molecule has 0 saturated heterocycles. The van der Waals surface area contributed by atoms with E-state index in [4.69, 9.17) is 9.47 Å². The van der Waals surface area contributed by atoms with Gasteiger partial charge in [-0.15, -0.1) is 0 Å². The molecule has 5 nitrogen and oxygen atoms in total. The van der Waals surface area contributed by atoms with Gasteiger partial charge >= 0.3 is 5.97 Å². The van der Waals surface area contributed by atoms with Crippen molar-refractivity contribution in [2.45, 2.75) is 52.8 Å². The van der Waals surface area contributed by atoms with E-state index in [-0.39, 0.29) is 23.9 Å². The van der Waals surface area contributed by atoms with Crippen molar-refractivity contribution in [2.75, 3.05) is 7.11 Å². The van der Waals surface area contributed by atoms with Crippen LogP contribution in [0.15, 0.2) is 18.2 Å². The average Bonchev–Trinajstić information content (AvgIpc) is 2.42. The van der Waals surface area contributed by atoms with Crippen molar-refractivity contribution < 1.29 is 19.4 Å². The number of carbonyl (C=O) groups is 1. The number of ether oxygens (including phenoxy) is 2. The maximum absolute atomic E-state index is 12.1. The van der Waals surface area contributed by atoms with Crippen molar-refractivity contribution in [3.8, 4) is 11.5 Å². The summed E-state index contributed by atoms with van der Waals surface area (Å²) in [5, 5.41) is 13.0. The van der Waals surface area contributed by atoms with Gasteiger partial charge in [-0.3, -0.25) is 4.79 Å². The summed E-state index contributed by atoms with van der Waals surface area (Å²) in [6, 6.07) is 4.83. The van der Waals surface area contributed by atoms with E-state index < -0.39 is 0 Å². The molecule has 0 unspecified atom stereocenters. The van der Waals surface area contributed by atoms with E-state index >= 15 is 0 Å². The molecule has 5 heteroatoms. The topological polar surface area (TPSA) is 67.8 Å².